The average Bonchev–Trinajstić information content (AvgIpc) is 4.07. The van der Waals surface area contributed by atoms with E-state index in [2.05, 4.69) is 9.97 Å². The van der Waals surface area contributed by atoms with Crippen LogP contribution in [0.25, 0.3) is 90.9 Å². The van der Waals surface area contributed by atoms with Crippen molar-refractivity contribution in [2.75, 3.05) is 0 Å². The Labute approximate surface area is 402 Å². The second-order valence-corrected chi connectivity index (χ2v) is 18.1. The minimum absolute atomic E-state index is 0.210. The average molecular weight is 1030 g/mol. The normalized spacial score (nSPS) is 12.2. The van der Waals surface area contributed by atoms with Crippen molar-refractivity contribution in [2.45, 2.75) is 0 Å². The molecule has 4 aromatic carbocycles. The van der Waals surface area contributed by atoms with Crippen LogP contribution in [0.5, 0.6) is 0 Å². The summed E-state index contributed by atoms with van der Waals surface area (Å²) in [6.45, 7) is 0. The molecule has 0 radical (unpaired) electrons. The highest BCUT2D eigenvalue weighted by atomic mass is 35.5. The molecule has 4 nitrogen and oxygen atoms in total. The molecule has 0 aliphatic carbocycles. The van der Waals surface area contributed by atoms with Gasteiger partial charge in [-0.05, 0) is 97.1 Å². The van der Waals surface area contributed by atoms with Gasteiger partial charge in [0.25, 0.3) is 0 Å². The topological polar surface area (TPSA) is 57.4 Å². The lowest BCUT2D eigenvalue weighted by Gasteiger charge is -2.12. The molecule has 2 aliphatic heterocycles. The largest absolute Gasteiger partial charge is 0.354 e. The maximum absolute atomic E-state index is 6.99. The zero-order valence-corrected chi connectivity index (χ0v) is 38.7. The van der Waals surface area contributed by atoms with E-state index in [9.17, 15) is 0 Å². The molecule has 60 heavy (non-hydrogen) atoms. The number of rotatable bonds is 4. The fourth-order valence-electron chi connectivity index (χ4n) is 7.28. The first-order valence-corrected chi connectivity index (χ1v) is 22.0. The van der Waals surface area contributed by atoms with E-state index in [4.69, 9.17) is 149 Å². The molecule has 2 N–H and O–H groups in total. The predicted molar refractivity (Wildman–Crippen MR) is 261 cm³/mol. The van der Waals surface area contributed by atoms with Gasteiger partial charge in [0.1, 0.15) is 0 Å². The molecule has 0 saturated carbocycles. The summed E-state index contributed by atoms with van der Waals surface area (Å²) >= 11 is 82.4. The first-order valence-electron chi connectivity index (χ1n) is 17.4. The molecular formula is C44H18Cl12N4. The molecule has 0 atom stereocenters. The van der Waals surface area contributed by atoms with E-state index in [0.717, 1.165) is 0 Å². The van der Waals surface area contributed by atoms with Gasteiger partial charge < -0.3 is 9.97 Å². The van der Waals surface area contributed by atoms with E-state index in [1.54, 1.807) is 48.5 Å². The third-order valence-electron chi connectivity index (χ3n) is 9.93. The summed E-state index contributed by atoms with van der Waals surface area (Å²) < 4.78 is 0. The first-order chi connectivity index (χ1) is 28.7. The molecule has 298 valence electrons. The number of fused-ring (bicyclic) bond motifs is 8. The van der Waals surface area contributed by atoms with Crippen molar-refractivity contribution in [2.24, 2.45) is 0 Å². The summed E-state index contributed by atoms with van der Waals surface area (Å²) in [5.41, 5.74) is 7.87. The molecular weight excluding hydrogens is 1010 g/mol. The minimum Gasteiger partial charge on any atom is -0.354 e. The number of halogens is 12. The quantitative estimate of drug-likeness (QED) is 0.173. The SMILES string of the molecule is Clc1ccc(Cl)c(-c2c3nc(c(-c4c(Cl)ccc(Cl)c4Cl)c4ccc([nH]4)c(-c4c(Cl)ccc(Cl)c4Cl)c4nc(c(-c5c(Cl)ccc(Cl)c5Cl)c5ccc2[nH]5)C=C4)C=C3)c1Cl. The molecule has 7 aromatic rings. The molecule has 0 amide bonds. The van der Waals surface area contributed by atoms with E-state index in [0.29, 0.717) is 109 Å². The maximum atomic E-state index is 6.99. The van der Waals surface area contributed by atoms with Crippen LogP contribution in [0.2, 0.25) is 60.3 Å². The van der Waals surface area contributed by atoms with Crippen LogP contribution in [-0.2, 0) is 0 Å². The van der Waals surface area contributed by atoms with Crippen molar-refractivity contribution in [3.8, 4) is 44.5 Å². The second kappa shape index (κ2) is 16.6. The van der Waals surface area contributed by atoms with E-state index in [1.807, 2.05) is 48.6 Å². The van der Waals surface area contributed by atoms with Crippen LogP contribution in [0.4, 0.5) is 0 Å². The number of H-pyrrole nitrogens is 2. The van der Waals surface area contributed by atoms with Gasteiger partial charge in [-0.2, -0.15) is 0 Å². The van der Waals surface area contributed by atoms with Crippen LogP contribution in [0.3, 0.4) is 0 Å². The van der Waals surface area contributed by atoms with Crippen LogP contribution < -0.4 is 0 Å². The maximum Gasteiger partial charge on any atom is 0.0738 e. The third-order valence-corrected chi connectivity index (χ3v) is 14.4. The molecule has 8 bridgehead atoms. The molecule has 0 spiro atoms. The van der Waals surface area contributed by atoms with Gasteiger partial charge in [0.2, 0.25) is 0 Å². The highest BCUT2D eigenvalue weighted by molar-refractivity contribution is 6.49. The van der Waals surface area contributed by atoms with Crippen molar-refractivity contribution in [1.29, 1.82) is 0 Å². The fraction of sp³-hybridized carbons (Fsp3) is 0. The van der Waals surface area contributed by atoms with Crippen LogP contribution in [0, 0.1) is 0 Å². The van der Waals surface area contributed by atoms with E-state index < -0.39 is 0 Å². The number of nitrogens with one attached hydrogen (secondary N) is 2. The van der Waals surface area contributed by atoms with Crippen LogP contribution in [-0.4, -0.2) is 19.9 Å². The fourth-order valence-corrected chi connectivity index (χ4v) is 10.2. The smallest absolute Gasteiger partial charge is 0.0738 e. The number of nitrogens with zero attached hydrogens (tertiary/aromatic N) is 2. The molecule has 0 fully saturated rings. The highest BCUT2D eigenvalue weighted by Gasteiger charge is 2.26. The van der Waals surface area contributed by atoms with Gasteiger partial charge in [0, 0.05) is 66.6 Å². The number of benzene rings is 4. The Kier molecular flexibility index (Phi) is 11.7. The van der Waals surface area contributed by atoms with Crippen molar-refractivity contribution >= 4 is 186 Å². The third kappa shape index (κ3) is 7.21. The molecule has 3 aromatic heterocycles. The second-order valence-electron chi connectivity index (χ2n) is 13.4. The number of hydrogen-bond acceptors (Lipinski definition) is 2. The van der Waals surface area contributed by atoms with Gasteiger partial charge in [-0.1, -0.05) is 139 Å². The Hall–Kier alpha value is -3.04. The number of hydrogen-bond donors (Lipinski definition) is 2. The van der Waals surface area contributed by atoms with Crippen LogP contribution in [0.15, 0.2) is 72.8 Å². The summed E-state index contributed by atoms with van der Waals surface area (Å²) in [4.78, 5) is 17.5. The lowest BCUT2D eigenvalue weighted by atomic mass is 10.0. The molecule has 9 rings (SSSR count). The zero-order valence-electron chi connectivity index (χ0n) is 29.7. The van der Waals surface area contributed by atoms with Gasteiger partial charge in [-0.25, -0.2) is 9.97 Å². The van der Waals surface area contributed by atoms with Gasteiger partial charge >= 0.3 is 0 Å². The Bertz CT molecular complexity index is 2830. The molecule has 0 saturated heterocycles. The molecule has 0 unspecified atom stereocenters. The van der Waals surface area contributed by atoms with Crippen molar-refractivity contribution in [3.05, 3.63) is 156 Å². The Morgan fingerprint density at radius 2 is 0.450 bits per heavy atom. The minimum atomic E-state index is 0.210. The lowest BCUT2D eigenvalue weighted by molar-refractivity contribution is 1.31. The Balaban J connectivity index is 1.56. The van der Waals surface area contributed by atoms with Crippen molar-refractivity contribution in [1.82, 2.24) is 19.9 Å². The van der Waals surface area contributed by atoms with Gasteiger partial charge in [0.15, 0.2) is 0 Å². The number of aromatic amines is 2. The molecule has 5 heterocycles. The molecule has 2 aliphatic rings. The lowest BCUT2D eigenvalue weighted by Crippen LogP contribution is -1.93. The van der Waals surface area contributed by atoms with Crippen molar-refractivity contribution in [3.63, 3.8) is 0 Å². The monoisotopic (exact) mass is 1020 g/mol. The summed E-state index contributed by atoms with van der Waals surface area (Å²) in [6, 6.07) is 20.6. The number of aromatic nitrogens is 4. The molecule has 16 heteroatoms. The predicted octanol–water partition coefficient (Wildman–Crippen LogP) is 19.2. The first kappa shape index (κ1) is 42.3. The summed E-state index contributed by atoms with van der Waals surface area (Å²) in [5.74, 6) is 0. The van der Waals surface area contributed by atoms with E-state index in [-0.39, 0.29) is 40.2 Å². The van der Waals surface area contributed by atoms with Crippen molar-refractivity contribution < 1.29 is 0 Å². The van der Waals surface area contributed by atoms with Gasteiger partial charge in [0.05, 0.1) is 83.0 Å². The van der Waals surface area contributed by atoms with E-state index >= 15 is 0 Å². The standard InChI is InChI=1S/C44H18Cl12N4/c45-17-1-5-21(49)41(53)33(17)37-25-9-11-27(57-25)38(34-18(46)2-6-22(50)42(34)54)29-13-15-31(59-29)40(36-20(48)4-8-24(52)44(36)56)32-16-14-30(60-32)39(28-12-10-26(37)58-28)35-19(47)3-7-23(51)43(35)55/h1-16,57,60H. The summed E-state index contributed by atoms with van der Waals surface area (Å²) in [5, 5.41) is 3.25. The van der Waals surface area contributed by atoms with Gasteiger partial charge in [-0.15, -0.1) is 0 Å². The summed E-state index contributed by atoms with van der Waals surface area (Å²) in [7, 11) is 0. The van der Waals surface area contributed by atoms with Gasteiger partial charge in [-0.3, -0.25) is 0 Å². The van der Waals surface area contributed by atoms with Crippen LogP contribution in [0.1, 0.15) is 22.8 Å². The Morgan fingerprint density at radius 3 is 0.667 bits per heavy atom. The Morgan fingerprint density at radius 1 is 0.250 bits per heavy atom. The highest BCUT2D eigenvalue weighted by Crippen LogP contribution is 2.49. The van der Waals surface area contributed by atoms with E-state index in [1.165, 1.54) is 0 Å². The zero-order chi connectivity index (χ0) is 42.3. The van der Waals surface area contributed by atoms with Crippen LogP contribution >= 0.6 is 139 Å². The summed E-state index contributed by atoms with van der Waals surface area (Å²) in [6.07, 6.45) is 7.32.